The Hall–Kier alpha value is -3.55. The lowest BCUT2D eigenvalue weighted by molar-refractivity contribution is 0.0933. The molecule has 4 amide bonds. The highest BCUT2D eigenvalue weighted by atomic mass is 35.5. The number of rotatable bonds is 8. The minimum Gasteiger partial charge on any atom is -0.350 e. The molecule has 37 heavy (non-hydrogen) atoms. The first-order valence-electron chi connectivity index (χ1n) is 12.1. The molecule has 192 valence electrons. The second kappa shape index (κ2) is 12.1. The molecule has 0 heterocycles. The van der Waals surface area contributed by atoms with Crippen LogP contribution in [0.5, 0.6) is 0 Å². The minimum absolute atomic E-state index is 0.0187. The van der Waals surface area contributed by atoms with Crippen LogP contribution in [0.4, 0.5) is 4.79 Å². The normalized spacial score (nSPS) is 14.8. The number of benzene rings is 3. The Bertz CT molecular complexity index is 1280. The van der Waals surface area contributed by atoms with Gasteiger partial charge in [0.05, 0.1) is 27.7 Å². The first-order chi connectivity index (χ1) is 17.8. The summed E-state index contributed by atoms with van der Waals surface area (Å²) in [7, 11) is 0. The maximum atomic E-state index is 12.7. The van der Waals surface area contributed by atoms with Crippen LogP contribution in [0.1, 0.15) is 62.8 Å². The first kappa shape index (κ1) is 26.5. The van der Waals surface area contributed by atoms with Crippen LogP contribution in [0.25, 0.3) is 0 Å². The Morgan fingerprint density at radius 1 is 0.892 bits per heavy atom. The zero-order chi connectivity index (χ0) is 26.4. The summed E-state index contributed by atoms with van der Waals surface area (Å²) < 4.78 is 0. The van der Waals surface area contributed by atoms with Crippen molar-refractivity contribution in [3.63, 3.8) is 0 Å². The summed E-state index contributed by atoms with van der Waals surface area (Å²) in [6.07, 6.45) is 1.80. The summed E-state index contributed by atoms with van der Waals surface area (Å²) in [5, 5.41) is 11.4. The number of carbonyl (C=O) groups excluding carboxylic acids is 3. The predicted molar refractivity (Wildman–Crippen MR) is 145 cm³/mol. The van der Waals surface area contributed by atoms with Gasteiger partial charge in [-0.15, -0.1) is 0 Å². The van der Waals surface area contributed by atoms with E-state index < -0.39 is 5.91 Å². The van der Waals surface area contributed by atoms with Gasteiger partial charge in [0.2, 0.25) is 0 Å². The lowest BCUT2D eigenvalue weighted by Crippen LogP contribution is -2.41. The van der Waals surface area contributed by atoms with E-state index in [2.05, 4.69) is 27.3 Å². The van der Waals surface area contributed by atoms with E-state index in [1.54, 1.807) is 0 Å². The Kier molecular flexibility index (Phi) is 8.69. The van der Waals surface area contributed by atoms with E-state index in [0.717, 1.165) is 24.0 Å². The number of hydrogen-bond donors (Lipinski definition) is 4. The number of carbonyl (C=O) groups is 3. The van der Waals surface area contributed by atoms with E-state index in [-0.39, 0.29) is 58.3 Å². The molecule has 3 aromatic carbocycles. The van der Waals surface area contributed by atoms with Crippen LogP contribution in [0.15, 0.2) is 66.7 Å². The average Bonchev–Trinajstić information content (AvgIpc) is 3.29. The molecule has 4 rings (SSSR count). The highest BCUT2D eigenvalue weighted by molar-refractivity contribution is 6.40. The zero-order valence-electron chi connectivity index (χ0n) is 20.3. The standard InChI is InChI=1S/C28H28Cl2N4O3/c1-17(18-7-3-2-4-8-18)33-26(35)20-15-22(29)25(23(30)16-20)27(36)31-13-14-32-28(37)34-24-12-11-19-9-5-6-10-21(19)24/h2-10,15-17,24H,11-14H2,1H3,(H,31,36)(H,33,35)(H2,32,34,37)/t17-,24-/m1/s1. The molecule has 1 aliphatic rings. The third-order valence-corrected chi connectivity index (χ3v) is 6.91. The number of aryl methyl sites for hydroxylation is 1. The van der Waals surface area contributed by atoms with Gasteiger partial charge in [-0.25, -0.2) is 4.79 Å². The summed E-state index contributed by atoms with van der Waals surface area (Å²) in [6.45, 7) is 2.27. The summed E-state index contributed by atoms with van der Waals surface area (Å²) >= 11 is 12.6. The highest BCUT2D eigenvalue weighted by Crippen LogP contribution is 2.30. The molecule has 0 bridgehead atoms. The largest absolute Gasteiger partial charge is 0.350 e. The van der Waals surface area contributed by atoms with Gasteiger partial charge in [0.25, 0.3) is 11.8 Å². The van der Waals surface area contributed by atoms with Crippen molar-refractivity contribution in [2.45, 2.75) is 31.8 Å². The Morgan fingerprint density at radius 2 is 1.54 bits per heavy atom. The molecule has 0 aromatic heterocycles. The van der Waals surface area contributed by atoms with Crippen LogP contribution in [0.2, 0.25) is 10.0 Å². The number of hydrogen-bond acceptors (Lipinski definition) is 3. The molecule has 3 aromatic rings. The Morgan fingerprint density at radius 3 is 2.27 bits per heavy atom. The average molecular weight is 539 g/mol. The monoisotopic (exact) mass is 538 g/mol. The van der Waals surface area contributed by atoms with Crippen LogP contribution in [-0.2, 0) is 6.42 Å². The van der Waals surface area contributed by atoms with Crippen molar-refractivity contribution in [2.75, 3.05) is 13.1 Å². The van der Waals surface area contributed by atoms with E-state index >= 15 is 0 Å². The number of urea groups is 1. The zero-order valence-corrected chi connectivity index (χ0v) is 21.8. The van der Waals surface area contributed by atoms with Crippen LogP contribution in [0, 0.1) is 0 Å². The van der Waals surface area contributed by atoms with E-state index in [1.165, 1.54) is 17.7 Å². The molecule has 2 atom stereocenters. The van der Waals surface area contributed by atoms with Gasteiger partial charge in [-0.1, -0.05) is 77.8 Å². The van der Waals surface area contributed by atoms with Crippen molar-refractivity contribution in [3.05, 3.63) is 105 Å². The fraction of sp³-hybridized carbons (Fsp3) is 0.250. The van der Waals surface area contributed by atoms with Gasteiger partial charge in [0.1, 0.15) is 0 Å². The molecule has 0 saturated heterocycles. The van der Waals surface area contributed by atoms with Gasteiger partial charge >= 0.3 is 6.03 Å². The Labute approximate surface area is 225 Å². The fourth-order valence-electron chi connectivity index (χ4n) is 4.38. The third kappa shape index (κ3) is 6.61. The van der Waals surface area contributed by atoms with Gasteiger partial charge in [0.15, 0.2) is 0 Å². The predicted octanol–water partition coefficient (Wildman–Crippen LogP) is 5.20. The summed E-state index contributed by atoms with van der Waals surface area (Å²) in [5.41, 5.74) is 3.67. The number of fused-ring (bicyclic) bond motifs is 1. The van der Waals surface area contributed by atoms with Crippen molar-refractivity contribution in [1.29, 1.82) is 0 Å². The van der Waals surface area contributed by atoms with Crippen molar-refractivity contribution < 1.29 is 14.4 Å². The molecular weight excluding hydrogens is 511 g/mol. The fourth-order valence-corrected chi connectivity index (χ4v) is 5.04. The summed E-state index contributed by atoms with van der Waals surface area (Å²) in [4.78, 5) is 37.7. The molecule has 0 aliphatic heterocycles. The van der Waals surface area contributed by atoms with Crippen LogP contribution in [-0.4, -0.2) is 30.9 Å². The number of amides is 4. The topological polar surface area (TPSA) is 99.3 Å². The molecule has 0 spiro atoms. The van der Waals surface area contributed by atoms with Gasteiger partial charge in [-0.3, -0.25) is 9.59 Å². The quantitative estimate of drug-likeness (QED) is 0.296. The van der Waals surface area contributed by atoms with Crippen molar-refractivity contribution in [2.24, 2.45) is 0 Å². The second-order valence-corrected chi connectivity index (χ2v) is 9.68. The molecule has 9 heteroatoms. The molecule has 7 nitrogen and oxygen atoms in total. The van der Waals surface area contributed by atoms with Crippen LogP contribution in [0.3, 0.4) is 0 Å². The Balaban J connectivity index is 1.26. The second-order valence-electron chi connectivity index (χ2n) is 8.87. The maximum Gasteiger partial charge on any atom is 0.315 e. The smallest absolute Gasteiger partial charge is 0.315 e. The van der Waals surface area contributed by atoms with Gasteiger partial charge in [-0.05, 0) is 48.6 Å². The van der Waals surface area contributed by atoms with Gasteiger partial charge < -0.3 is 21.3 Å². The first-order valence-corrected chi connectivity index (χ1v) is 12.8. The molecule has 0 fully saturated rings. The van der Waals surface area contributed by atoms with E-state index in [9.17, 15) is 14.4 Å². The minimum atomic E-state index is -0.494. The SMILES string of the molecule is C[C@@H](NC(=O)c1cc(Cl)c(C(=O)NCCNC(=O)N[C@@H]2CCc3ccccc32)c(Cl)c1)c1ccccc1. The van der Waals surface area contributed by atoms with E-state index in [0.29, 0.717) is 0 Å². The van der Waals surface area contributed by atoms with Crippen LogP contribution >= 0.6 is 23.2 Å². The maximum absolute atomic E-state index is 12.7. The molecular formula is C28H28Cl2N4O3. The summed E-state index contributed by atoms with van der Waals surface area (Å²) in [6, 6.07) is 19.9. The summed E-state index contributed by atoms with van der Waals surface area (Å²) in [5.74, 6) is -0.848. The van der Waals surface area contributed by atoms with Crippen molar-refractivity contribution in [3.8, 4) is 0 Å². The molecule has 0 saturated carbocycles. The molecule has 1 aliphatic carbocycles. The van der Waals surface area contributed by atoms with Gasteiger partial charge in [0, 0.05) is 18.7 Å². The number of halogens is 2. The lowest BCUT2D eigenvalue weighted by Gasteiger charge is -2.16. The lowest BCUT2D eigenvalue weighted by atomic mass is 10.1. The van der Waals surface area contributed by atoms with Gasteiger partial charge in [-0.2, -0.15) is 0 Å². The van der Waals surface area contributed by atoms with E-state index in [4.69, 9.17) is 23.2 Å². The van der Waals surface area contributed by atoms with E-state index in [1.807, 2.05) is 55.5 Å². The number of nitrogens with one attached hydrogen (secondary N) is 4. The van der Waals surface area contributed by atoms with Crippen molar-refractivity contribution in [1.82, 2.24) is 21.3 Å². The third-order valence-electron chi connectivity index (χ3n) is 6.31. The highest BCUT2D eigenvalue weighted by Gasteiger charge is 2.23. The van der Waals surface area contributed by atoms with Crippen molar-refractivity contribution >= 4 is 41.0 Å². The molecule has 0 unspecified atom stereocenters. The molecule has 0 radical (unpaired) electrons. The molecule has 4 N–H and O–H groups in total. The van der Waals surface area contributed by atoms with Crippen LogP contribution < -0.4 is 21.3 Å².